The number of rotatable bonds is 3. The molecule has 2 aromatic rings. The Morgan fingerprint density at radius 2 is 2.05 bits per heavy atom. The number of hydrogen-bond donors (Lipinski definition) is 2. The molecule has 1 aromatic heterocycles. The Bertz CT molecular complexity index is 557. The van der Waals surface area contributed by atoms with Crippen molar-refractivity contribution in [3.8, 4) is 0 Å². The second kappa shape index (κ2) is 6.16. The normalized spacial score (nSPS) is 10.3. The van der Waals surface area contributed by atoms with Crippen molar-refractivity contribution in [1.29, 1.82) is 0 Å². The lowest BCUT2D eigenvalue weighted by atomic mass is 10.3. The van der Waals surface area contributed by atoms with E-state index in [4.69, 9.17) is 12.2 Å². The van der Waals surface area contributed by atoms with Crippen LogP contribution in [0, 0.1) is 6.92 Å². The van der Waals surface area contributed by atoms with E-state index in [0.717, 1.165) is 21.5 Å². The minimum absolute atomic E-state index is 0.589. The van der Waals surface area contributed by atoms with Gasteiger partial charge >= 0.3 is 0 Å². The molecule has 0 bridgehead atoms. The van der Waals surface area contributed by atoms with E-state index in [9.17, 15) is 0 Å². The summed E-state index contributed by atoms with van der Waals surface area (Å²) in [5, 5.41) is 11.2. The van der Waals surface area contributed by atoms with E-state index in [0.29, 0.717) is 11.7 Å². The Balaban J connectivity index is 1.86. The van der Waals surface area contributed by atoms with Crippen molar-refractivity contribution in [3.63, 3.8) is 0 Å². The van der Waals surface area contributed by atoms with E-state index >= 15 is 0 Å². The maximum atomic E-state index is 5.24. The molecule has 4 nitrogen and oxygen atoms in total. The van der Waals surface area contributed by atoms with Gasteiger partial charge in [-0.25, -0.2) is 0 Å². The van der Waals surface area contributed by atoms with Gasteiger partial charge in [0, 0.05) is 22.9 Å². The smallest absolute Gasteiger partial charge is 0.171 e. The van der Waals surface area contributed by atoms with E-state index in [-0.39, 0.29) is 0 Å². The molecule has 2 N–H and O–H groups in total. The van der Waals surface area contributed by atoms with E-state index in [2.05, 4.69) is 31.7 Å². The van der Waals surface area contributed by atoms with Crippen molar-refractivity contribution in [1.82, 2.24) is 15.1 Å². The van der Waals surface area contributed by atoms with Gasteiger partial charge in [-0.05, 0) is 49.5 Å². The van der Waals surface area contributed by atoms with Crippen LogP contribution in [0.15, 0.2) is 34.8 Å². The van der Waals surface area contributed by atoms with Gasteiger partial charge in [0.05, 0.1) is 12.2 Å². The minimum Gasteiger partial charge on any atom is -0.357 e. The molecule has 0 aliphatic rings. The Morgan fingerprint density at radius 3 is 2.63 bits per heavy atom. The Kier molecular flexibility index (Phi) is 4.55. The number of nitrogens with zero attached hydrogens (tertiary/aromatic N) is 2. The number of aromatic nitrogens is 2. The second-order valence-corrected chi connectivity index (χ2v) is 5.54. The van der Waals surface area contributed by atoms with Crippen LogP contribution in [0.1, 0.15) is 11.4 Å². The van der Waals surface area contributed by atoms with Gasteiger partial charge in [0.25, 0.3) is 0 Å². The van der Waals surface area contributed by atoms with Crippen LogP contribution in [0.2, 0.25) is 0 Å². The average molecular weight is 339 g/mol. The SMILES string of the molecule is Cc1cc(CNC(=S)Nc2ccc(Br)cc2)nn1C. The molecule has 0 unspecified atom stereocenters. The van der Waals surface area contributed by atoms with E-state index in [1.807, 2.05) is 49.0 Å². The molecule has 0 amide bonds. The molecular formula is C13H15BrN4S. The molecule has 2 rings (SSSR count). The highest BCUT2D eigenvalue weighted by atomic mass is 79.9. The van der Waals surface area contributed by atoms with Crippen LogP contribution >= 0.6 is 28.1 Å². The standard InChI is InChI=1S/C13H15BrN4S/c1-9-7-12(17-18(9)2)8-15-13(19)16-11-5-3-10(14)4-6-11/h3-7H,8H2,1-2H3,(H2,15,16,19). The Morgan fingerprint density at radius 1 is 1.37 bits per heavy atom. The zero-order valence-electron chi connectivity index (χ0n) is 10.8. The van der Waals surface area contributed by atoms with Gasteiger partial charge in [-0.15, -0.1) is 0 Å². The predicted octanol–water partition coefficient (Wildman–Crippen LogP) is 2.98. The van der Waals surface area contributed by atoms with Crippen molar-refractivity contribution < 1.29 is 0 Å². The van der Waals surface area contributed by atoms with Crippen LogP contribution in [-0.2, 0) is 13.6 Å². The largest absolute Gasteiger partial charge is 0.357 e. The summed E-state index contributed by atoms with van der Waals surface area (Å²) in [6.45, 7) is 2.64. The van der Waals surface area contributed by atoms with Gasteiger partial charge in [-0.2, -0.15) is 5.10 Å². The summed E-state index contributed by atoms with van der Waals surface area (Å²) < 4.78 is 2.89. The van der Waals surface area contributed by atoms with E-state index < -0.39 is 0 Å². The first-order valence-electron chi connectivity index (χ1n) is 5.84. The van der Waals surface area contributed by atoms with Crippen molar-refractivity contribution in [2.75, 3.05) is 5.32 Å². The van der Waals surface area contributed by atoms with Crippen molar-refractivity contribution in [2.24, 2.45) is 7.05 Å². The Labute approximate surface area is 126 Å². The predicted molar refractivity (Wildman–Crippen MR) is 85.1 cm³/mol. The highest BCUT2D eigenvalue weighted by molar-refractivity contribution is 9.10. The van der Waals surface area contributed by atoms with E-state index in [1.54, 1.807) is 0 Å². The lowest BCUT2D eigenvalue weighted by Gasteiger charge is -2.09. The van der Waals surface area contributed by atoms with Crippen molar-refractivity contribution >= 4 is 38.9 Å². The first kappa shape index (κ1) is 14.0. The average Bonchev–Trinajstić information content (AvgIpc) is 2.69. The second-order valence-electron chi connectivity index (χ2n) is 4.22. The summed E-state index contributed by atoms with van der Waals surface area (Å²) in [6, 6.07) is 9.89. The molecule has 0 spiro atoms. The van der Waals surface area contributed by atoms with Gasteiger partial charge in [0.15, 0.2) is 5.11 Å². The summed E-state index contributed by atoms with van der Waals surface area (Å²) in [6.07, 6.45) is 0. The van der Waals surface area contributed by atoms with Gasteiger partial charge in [0.1, 0.15) is 0 Å². The molecule has 0 atom stereocenters. The quantitative estimate of drug-likeness (QED) is 0.844. The molecule has 0 fully saturated rings. The molecule has 6 heteroatoms. The summed E-state index contributed by atoms with van der Waals surface area (Å²) in [4.78, 5) is 0. The minimum atomic E-state index is 0.589. The number of halogens is 1. The maximum Gasteiger partial charge on any atom is 0.171 e. The molecule has 19 heavy (non-hydrogen) atoms. The van der Waals surface area contributed by atoms with Crippen LogP contribution in [0.3, 0.4) is 0 Å². The zero-order chi connectivity index (χ0) is 13.8. The van der Waals surface area contributed by atoms with Gasteiger partial charge in [-0.3, -0.25) is 4.68 Å². The van der Waals surface area contributed by atoms with Crippen LogP contribution in [0.4, 0.5) is 5.69 Å². The molecule has 0 aliphatic carbocycles. The molecule has 0 saturated carbocycles. The lowest BCUT2D eigenvalue weighted by Crippen LogP contribution is -2.28. The number of thiocarbonyl (C=S) groups is 1. The molecule has 1 aromatic carbocycles. The number of hydrogen-bond acceptors (Lipinski definition) is 2. The number of benzene rings is 1. The zero-order valence-corrected chi connectivity index (χ0v) is 13.2. The molecule has 0 aliphatic heterocycles. The molecule has 1 heterocycles. The monoisotopic (exact) mass is 338 g/mol. The molecular weight excluding hydrogens is 324 g/mol. The molecule has 100 valence electrons. The Hall–Kier alpha value is -1.40. The summed E-state index contributed by atoms with van der Waals surface area (Å²) in [5.74, 6) is 0. The highest BCUT2D eigenvalue weighted by Gasteiger charge is 2.02. The number of anilines is 1. The third kappa shape index (κ3) is 4.04. The first-order chi connectivity index (χ1) is 9.04. The van der Waals surface area contributed by atoms with E-state index in [1.165, 1.54) is 0 Å². The fourth-order valence-electron chi connectivity index (χ4n) is 1.60. The van der Waals surface area contributed by atoms with Gasteiger partial charge < -0.3 is 10.6 Å². The number of aryl methyl sites for hydroxylation is 2. The number of nitrogens with one attached hydrogen (secondary N) is 2. The maximum absolute atomic E-state index is 5.24. The molecule has 0 radical (unpaired) electrons. The van der Waals surface area contributed by atoms with Gasteiger partial charge in [-0.1, -0.05) is 15.9 Å². The van der Waals surface area contributed by atoms with Crippen molar-refractivity contribution in [3.05, 3.63) is 46.2 Å². The third-order valence-corrected chi connectivity index (χ3v) is 3.47. The van der Waals surface area contributed by atoms with Crippen molar-refractivity contribution in [2.45, 2.75) is 13.5 Å². The lowest BCUT2D eigenvalue weighted by molar-refractivity contribution is 0.712. The summed E-state index contributed by atoms with van der Waals surface area (Å²) >= 11 is 8.63. The van der Waals surface area contributed by atoms with Crippen LogP contribution in [0.25, 0.3) is 0 Å². The van der Waals surface area contributed by atoms with Crippen LogP contribution in [-0.4, -0.2) is 14.9 Å². The molecule has 0 saturated heterocycles. The topological polar surface area (TPSA) is 41.9 Å². The van der Waals surface area contributed by atoms with Crippen LogP contribution in [0.5, 0.6) is 0 Å². The summed E-state index contributed by atoms with van der Waals surface area (Å²) in [7, 11) is 1.93. The fourth-order valence-corrected chi connectivity index (χ4v) is 2.06. The van der Waals surface area contributed by atoms with Crippen LogP contribution < -0.4 is 10.6 Å². The fraction of sp³-hybridized carbons (Fsp3) is 0.231. The summed E-state index contributed by atoms with van der Waals surface area (Å²) in [5.41, 5.74) is 3.06. The highest BCUT2D eigenvalue weighted by Crippen LogP contribution is 2.13. The third-order valence-electron chi connectivity index (χ3n) is 2.70. The van der Waals surface area contributed by atoms with Gasteiger partial charge in [0.2, 0.25) is 0 Å². The first-order valence-corrected chi connectivity index (χ1v) is 7.04.